The van der Waals surface area contributed by atoms with Gasteiger partial charge >= 0.3 is 5.97 Å². The molecule has 0 bridgehead atoms. The highest BCUT2D eigenvalue weighted by Gasteiger charge is 2.46. The molecule has 0 heterocycles. The Kier molecular flexibility index (Phi) is 5.47. The fraction of sp³-hybridized carbons (Fsp3) is 0.500. The van der Waals surface area contributed by atoms with Gasteiger partial charge in [0.2, 0.25) is 0 Å². The van der Waals surface area contributed by atoms with Crippen molar-refractivity contribution in [2.75, 3.05) is 6.61 Å². The lowest BCUT2D eigenvalue weighted by Gasteiger charge is -2.35. The van der Waals surface area contributed by atoms with Gasteiger partial charge in [-0.05, 0) is 38.2 Å². The molecule has 0 amide bonds. The van der Waals surface area contributed by atoms with E-state index in [4.69, 9.17) is 4.74 Å². The number of esters is 1. The van der Waals surface area contributed by atoms with E-state index in [-0.39, 0.29) is 23.7 Å². The Labute approximate surface area is 143 Å². The van der Waals surface area contributed by atoms with E-state index < -0.39 is 11.4 Å². The highest BCUT2D eigenvalue weighted by atomic mass is 16.5. The van der Waals surface area contributed by atoms with Gasteiger partial charge in [0, 0.05) is 5.56 Å². The molecular weight excluding hydrogens is 304 g/mol. The van der Waals surface area contributed by atoms with Gasteiger partial charge in [-0.3, -0.25) is 4.79 Å². The van der Waals surface area contributed by atoms with Gasteiger partial charge in [0.25, 0.3) is 0 Å². The summed E-state index contributed by atoms with van der Waals surface area (Å²) in [5.41, 5.74) is 0.284. The molecule has 2 rings (SSSR count). The number of carbonyl (C=O) groups is 2. The first-order valence-corrected chi connectivity index (χ1v) is 8.61. The second-order valence-corrected chi connectivity index (χ2v) is 6.70. The number of Topliss-reactive ketones (excluding diaryl/α,β-unsaturated/α-hetero) is 1. The monoisotopic (exact) mass is 330 g/mol. The van der Waals surface area contributed by atoms with Gasteiger partial charge in [-0.15, -0.1) is 0 Å². The van der Waals surface area contributed by atoms with Crippen molar-refractivity contribution in [3.05, 3.63) is 41.0 Å². The van der Waals surface area contributed by atoms with Gasteiger partial charge in [0.15, 0.2) is 5.78 Å². The zero-order chi connectivity index (χ0) is 17.9. The Morgan fingerprint density at radius 2 is 1.96 bits per heavy atom. The molecule has 0 fully saturated rings. The van der Waals surface area contributed by atoms with Crippen molar-refractivity contribution in [3.8, 4) is 0 Å². The van der Waals surface area contributed by atoms with Crippen molar-refractivity contribution in [1.82, 2.24) is 0 Å². The fourth-order valence-electron chi connectivity index (χ4n) is 3.19. The second kappa shape index (κ2) is 7.20. The smallest absolute Gasteiger partial charge is 0.345 e. The summed E-state index contributed by atoms with van der Waals surface area (Å²) in [5, 5.41) is 10.5. The van der Waals surface area contributed by atoms with Crippen LogP contribution in [0.15, 0.2) is 29.8 Å². The topological polar surface area (TPSA) is 63.6 Å². The normalized spacial score (nSPS) is 21.4. The molecule has 0 radical (unpaired) electrons. The van der Waals surface area contributed by atoms with E-state index in [9.17, 15) is 14.7 Å². The minimum Gasteiger partial charge on any atom is -0.506 e. The molecule has 1 aliphatic rings. The lowest BCUT2D eigenvalue weighted by Crippen LogP contribution is -2.41. The lowest BCUT2D eigenvalue weighted by atomic mass is 9.66. The molecule has 0 saturated carbocycles. The van der Waals surface area contributed by atoms with Crippen molar-refractivity contribution in [2.45, 2.75) is 52.4 Å². The Morgan fingerprint density at radius 3 is 2.58 bits per heavy atom. The van der Waals surface area contributed by atoms with Gasteiger partial charge in [-0.1, -0.05) is 44.5 Å². The van der Waals surface area contributed by atoms with E-state index in [0.717, 1.165) is 18.4 Å². The summed E-state index contributed by atoms with van der Waals surface area (Å²) in [4.78, 5) is 25.4. The number of benzene rings is 1. The Hall–Kier alpha value is -2.10. The number of aliphatic hydroxyl groups is 1. The van der Waals surface area contributed by atoms with E-state index in [1.165, 1.54) is 0 Å². The number of aliphatic hydroxyl groups excluding tert-OH is 1. The molecule has 0 spiro atoms. The van der Waals surface area contributed by atoms with Gasteiger partial charge in [0.1, 0.15) is 11.3 Å². The van der Waals surface area contributed by atoms with Crippen molar-refractivity contribution in [1.29, 1.82) is 0 Å². The summed E-state index contributed by atoms with van der Waals surface area (Å²) < 4.78 is 5.00. The molecule has 1 aromatic rings. The van der Waals surface area contributed by atoms with Crippen molar-refractivity contribution < 1.29 is 19.4 Å². The number of fused-ring (bicyclic) bond motifs is 1. The third-order valence-electron chi connectivity index (χ3n) is 5.06. The van der Waals surface area contributed by atoms with E-state index in [0.29, 0.717) is 17.9 Å². The molecule has 1 aromatic carbocycles. The summed E-state index contributed by atoms with van der Waals surface area (Å²) in [6, 6.07) is 7.26. The van der Waals surface area contributed by atoms with Crippen molar-refractivity contribution >= 4 is 17.5 Å². The standard InChI is InChI=1S/C20H26O4/c1-5-13(3)11-12-20(4)15-10-8-7-9-14(15)17(21)16(18(20)22)19(23)24-6-2/h7-10,13,21H,5-6,11-12H2,1-4H3/t13-,20?/m0/s1. The van der Waals surface area contributed by atoms with Gasteiger partial charge < -0.3 is 9.84 Å². The molecule has 130 valence electrons. The minimum atomic E-state index is -0.825. The molecule has 1 unspecified atom stereocenters. The maximum absolute atomic E-state index is 13.1. The zero-order valence-corrected chi connectivity index (χ0v) is 14.9. The van der Waals surface area contributed by atoms with E-state index in [2.05, 4.69) is 13.8 Å². The summed E-state index contributed by atoms with van der Waals surface area (Å²) in [5.74, 6) is -0.868. The van der Waals surface area contributed by atoms with Crippen LogP contribution >= 0.6 is 0 Å². The van der Waals surface area contributed by atoms with Crippen LogP contribution in [0.3, 0.4) is 0 Å². The third kappa shape index (κ3) is 3.10. The lowest BCUT2D eigenvalue weighted by molar-refractivity contribution is -0.140. The summed E-state index contributed by atoms with van der Waals surface area (Å²) in [7, 11) is 0. The largest absolute Gasteiger partial charge is 0.506 e. The Bertz CT molecular complexity index is 674. The molecule has 1 N–H and O–H groups in total. The predicted molar refractivity (Wildman–Crippen MR) is 93.7 cm³/mol. The fourth-order valence-corrected chi connectivity index (χ4v) is 3.19. The van der Waals surface area contributed by atoms with Crippen molar-refractivity contribution in [3.63, 3.8) is 0 Å². The molecule has 0 aliphatic heterocycles. The summed E-state index contributed by atoms with van der Waals surface area (Å²) in [6.07, 6.45) is 2.55. The molecule has 4 nitrogen and oxygen atoms in total. The van der Waals surface area contributed by atoms with E-state index in [1.54, 1.807) is 19.1 Å². The molecule has 4 heteroatoms. The quantitative estimate of drug-likeness (QED) is 0.627. The van der Waals surface area contributed by atoms with Crippen LogP contribution in [-0.4, -0.2) is 23.5 Å². The first-order valence-electron chi connectivity index (χ1n) is 8.61. The van der Waals surface area contributed by atoms with Crippen LogP contribution in [-0.2, 0) is 19.7 Å². The van der Waals surface area contributed by atoms with Gasteiger partial charge in [-0.2, -0.15) is 0 Å². The van der Waals surface area contributed by atoms with Crippen LogP contribution in [0.1, 0.15) is 58.1 Å². The van der Waals surface area contributed by atoms with Crippen LogP contribution in [0.4, 0.5) is 0 Å². The summed E-state index contributed by atoms with van der Waals surface area (Å²) in [6.45, 7) is 7.98. The van der Waals surface area contributed by atoms with Crippen LogP contribution in [0, 0.1) is 5.92 Å². The maximum atomic E-state index is 13.1. The number of rotatable bonds is 6. The number of ether oxygens (including phenoxy) is 1. The number of hydrogen-bond donors (Lipinski definition) is 1. The molecule has 2 atom stereocenters. The van der Waals surface area contributed by atoms with E-state index >= 15 is 0 Å². The van der Waals surface area contributed by atoms with Gasteiger partial charge in [0.05, 0.1) is 12.0 Å². The predicted octanol–water partition coefficient (Wildman–Crippen LogP) is 4.19. The molecule has 1 aliphatic carbocycles. The minimum absolute atomic E-state index is 0.161. The highest BCUT2D eigenvalue weighted by molar-refractivity contribution is 6.26. The Morgan fingerprint density at radius 1 is 1.29 bits per heavy atom. The van der Waals surface area contributed by atoms with Crippen LogP contribution in [0.2, 0.25) is 0 Å². The molecular formula is C20H26O4. The van der Waals surface area contributed by atoms with Gasteiger partial charge in [-0.25, -0.2) is 4.79 Å². The van der Waals surface area contributed by atoms with E-state index in [1.807, 2.05) is 19.1 Å². The SMILES string of the molecule is CCOC(=O)C1=C(O)c2ccccc2C(C)(CC[C@@H](C)CC)C1=O. The molecule has 24 heavy (non-hydrogen) atoms. The number of carbonyl (C=O) groups excluding carboxylic acids is 2. The zero-order valence-electron chi connectivity index (χ0n) is 14.9. The molecule has 0 saturated heterocycles. The first-order chi connectivity index (χ1) is 11.4. The molecule has 0 aromatic heterocycles. The van der Waals surface area contributed by atoms with Crippen LogP contribution in [0.25, 0.3) is 5.76 Å². The average molecular weight is 330 g/mol. The number of ketones is 1. The third-order valence-corrected chi connectivity index (χ3v) is 5.06. The van der Waals surface area contributed by atoms with Crippen LogP contribution < -0.4 is 0 Å². The first kappa shape index (κ1) is 18.2. The Balaban J connectivity index is 2.54. The number of hydrogen-bond acceptors (Lipinski definition) is 4. The maximum Gasteiger partial charge on any atom is 0.345 e. The average Bonchev–Trinajstić information content (AvgIpc) is 2.58. The van der Waals surface area contributed by atoms with Crippen molar-refractivity contribution in [2.24, 2.45) is 5.92 Å². The summed E-state index contributed by atoms with van der Waals surface area (Å²) >= 11 is 0. The second-order valence-electron chi connectivity index (χ2n) is 6.70. The van der Waals surface area contributed by atoms with Crippen LogP contribution in [0.5, 0.6) is 0 Å². The highest BCUT2D eigenvalue weighted by Crippen LogP contribution is 2.43.